The minimum Gasteiger partial charge on any atom is -0.481 e. The zero-order valence-corrected chi connectivity index (χ0v) is 8.90. The molecule has 0 aromatic carbocycles. The molecule has 0 radical (unpaired) electrons. The van der Waals surface area contributed by atoms with Crippen LogP contribution in [0, 0.1) is 0 Å². The van der Waals surface area contributed by atoms with Crippen molar-refractivity contribution in [2.45, 2.75) is 25.7 Å². The summed E-state index contributed by atoms with van der Waals surface area (Å²) in [6, 6.07) is 1.74. The zero-order chi connectivity index (χ0) is 11.8. The smallest absolute Gasteiger partial charge is 0.303 e. The Morgan fingerprint density at radius 2 is 2.25 bits per heavy atom. The summed E-state index contributed by atoms with van der Waals surface area (Å²) >= 11 is 0. The van der Waals surface area contributed by atoms with E-state index in [0.29, 0.717) is 19.4 Å². The van der Waals surface area contributed by atoms with Gasteiger partial charge in [-0.2, -0.15) is 5.10 Å². The Morgan fingerprint density at radius 1 is 1.44 bits per heavy atom. The molecule has 6 nitrogen and oxygen atoms in total. The van der Waals surface area contributed by atoms with Gasteiger partial charge in [0.2, 0.25) is 5.91 Å². The number of amides is 1. The number of carboxylic acid groups (broad SMARTS) is 1. The number of unbranched alkanes of at least 4 members (excludes halogenated alkanes) is 1. The fourth-order valence-electron chi connectivity index (χ4n) is 1.25. The minimum atomic E-state index is -0.802. The van der Waals surface area contributed by atoms with Gasteiger partial charge in [-0.05, 0) is 18.9 Å². The van der Waals surface area contributed by atoms with Gasteiger partial charge in [0.15, 0.2) is 0 Å². The van der Waals surface area contributed by atoms with Crippen LogP contribution in [0.25, 0.3) is 0 Å². The van der Waals surface area contributed by atoms with E-state index >= 15 is 0 Å². The normalized spacial score (nSPS) is 10.0. The first-order valence-electron chi connectivity index (χ1n) is 5.15. The number of H-pyrrole nitrogens is 1. The summed E-state index contributed by atoms with van der Waals surface area (Å²) in [6.07, 6.45) is 3.28. The fraction of sp³-hybridized carbons (Fsp3) is 0.500. The topological polar surface area (TPSA) is 95.1 Å². The van der Waals surface area contributed by atoms with Crippen LogP contribution in [0.3, 0.4) is 0 Å². The molecule has 1 aromatic rings. The number of carboxylic acids is 1. The molecule has 6 heteroatoms. The van der Waals surface area contributed by atoms with Crippen LogP contribution in [0.5, 0.6) is 0 Å². The lowest BCUT2D eigenvalue weighted by Crippen LogP contribution is -2.26. The first-order chi connectivity index (χ1) is 7.68. The van der Waals surface area contributed by atoms with E-state index in [-0.39, 0.29) is 18.7 Å². The molecular weight excluding hydrogens is 210 g/mol. The molecule has 0 aliphatic carbocycles. The number of hydrogen-bond donors (Lipinski definition) is 3. The predicted octanol–water partition coefficient (Wildman–Crippen LogP) is 0.323. The Morgan fingerprint density at radius 3 is 2.88 bits per heavy atom. The van der Waals surface area contributed by atoms with Crippen LogP contribution in [0.4, 0.5) is 0 Å². The number of nitrogens with zero attached hydrogens (tertiary/aromatic N) is 1. The molecule has 0 bridgehead atoms. The molecule has 0 aliphatic heterocycles. The molecule has 1 rings (SSSR count). The van der Waals surface area contributed by atoms with E-state index in [0.717, 1.165) is 5.69 Å². The number of rotatable bonds is 7. The van der Waals surface area contributed by atoms with Crippen LogP contribution in [0.2, 0.25) is 0 Å². The molecule has 1 heterocycles. The van der Waals surface area contributed by atoms with Crippen molar-refractivity contribution < 1.29 is 14.7 Å². The number of carbonyl (C=O) groups excluding carboxylic acids is 1. The van der Waals surface area contributed by atoms with Crippen LogP contribution in [0.1, 0.15) is 25.0 Å². The Kier molecular flexibility index (Phi) is 5.04. The summed E-state index contributed by atoms with van der Waals surface area (Å²) < 4.78 is 0. The number of aromatic amines is 1. The highest BCUT2D eigenvalue weighted by atomic mass is 16.4. The van der Waals surface area contributed by atoms with Crippen molar-refractivity contribution in [2.24, 2.45) is 0 Å². The second-order valence-corrected chi connectivity index (χ2v) is 3.46. The molecule has 3 N–H and O–H groups in total. The third kappa shape index (κ3) is 5.14. The van der Waals surface area contributed by atoms with Crippen molar-refractivity contribution in [1.82, 2.24) is 15.5 Å². The molecule has 0 fully saturated rings. The van der Waals surface area contributed by atoms with E-state index in [4.69, 9.17) is 5.11 Å². The van der Waals surface area contributed by atoms with Crippen LogP contribution in [0.15, 0.2) is 12.3 Å². The van der Waals surface area contributed by atoms with Gasteiger partial charge in [-0.15, -0.1) is 0 Å². The summed E-state index contributed by atoms with van der Waals surface area (Å²) in [6.45, 7) is 0.514. The summed E-state index contributed by atoms with van der Waals surface area (Å²) in [4.78, 5) is 21.5. The second-order valence-electron chi connectivity index (χ2n) is 3.46. The summed E-state index contributed by atoms with van der Waals surface area (Å²) in [5.74, 6) is -0.886. The minimum absolute atomic E-state index is 0.0837. The molecule has 16 heavy (non-hydrogen) atoms. The standard InChI is InChI=1S/C10H15N3O3/c14-9(7-8-4-6-12-13-8)11-5-2-1-3-10(15)16/h4,6H,1-3,5,7H2,(H,11,14)(H,12,13)(H,15,16). The van der Waals surface area contributed by atoms with E-state index in [2.05, 4.69) is 15.5 Å². The van der Waals surface area contributed by atoms with Gasteiger partial charge in [-0.3, -0.25) is 14.7 Å². The van der Waals surface area contributed by atoms with Gasteiger partial charge in [-0.1, -0.05) is 0 Å². The van der Waals surface area contributed by atoms with E-state index in [1.165, 1.54) is 0 Å². The van der Waals surface area contributed by atoms with Crippen molar-refractivity contribution >= 4 is 11.9 Å². The molecule has 1 aromatic heterocycles. The fourth-order valence-corrected chi connectivity index (χ4v) is 1.25. The van der Waals surface area contributed by atoms with Gasteiger partial charge < -0.3 is 10.4 Å². The lowest BCUT2D eigenvalue weighted by molar-refractivity contribution is -0.137. The van der Waals surface area contributed by atoms with Crippen molar-refractivity contribution in [3.05, 3.63) is 18.0 Å². The van der Waals surface area contributed by atoms with Gasteiger partial charge >= 0.3 is 5.97 Å². The first kappa shape index (κ1) is 12.2. The maximum Gasteiger partial charge on any atom is 0.303 e. The van der Waals surface area contributed by atoms with Crippen LogP contribution < -0.4 is 5.32 Å². The van der Waals surface area contributed by atoms with Crippen molar-refractivity contribution in [3.8, 4) is 0 Å². The lowest BCUT2D eigenvalue weighted by Gasteiger charge is -2.02. The highest BCUT2D eigenvalue weighted by Crippen LogP contribution is 1.95. The summed E-state index contributed by atoms with van der Waals surface area (Å²) in [5, 5.41) is 17.5. The van der Waals surface area contributed by atoms with Crippen molar-refractivity contribution in [2.75, 3.05) is 6.54 Å². The predicted molar refractivity (Wildman–Crippen MR) is 56.8 cm³/mol. The van der Waals surface area contributed by atoms with Crippen LogP contribution >= 0.6 is 0 Å². The quantitative estimate of drug-likeness (QED) is 0.582. The number of hydrogen-bond acceptors (Lipinski definition) is 3. The van der Waals surface area contributed by atoms with Crippen LogP contribution in [-0.2, 0) is 16.0 Å². The maximum atomic E-state index is 11.3. The molecule has 0 spiro atoms. The molecule has 0 saturated carbocycles. The van der Waals surface area contributed by atoms with E-state index in [9.17, 15) is 9.59 Å². The van der Waals surface area contributed by atoms with Crippen molar-refractivity contribution in [3.63, 3.8) is 0 Å². The molecule has 0 aliphatic rings. The second kappa shape index (κ2) is 6.60. The number of carbonyl (C=O) groups is 2. The van der Waals surface area contributed by atoms with Gasteiger partial charge in [0.05, 0.1) is 6.42 Å². The van der Waals surface area contributed by atoms with E-state index in [1.54, 1.807) is 12.3 Å². The Labute approximate surface area is 93.1 Å². The highest BCUT2D eigenvalue weighted by Gasteiger charge is 2.03. The molecule has 88 valence electrons. The van der Waals surface area contributed by atoms with E-state index < -0.39 is 5.97 Å². The molecule has 1 amide bonds. The summed E-state index contributed by atoms with van der Waals surface area (Å²) in [5.41, 5.74) is 0.767. The Balaban J connectivity index is 2.05. The average molecular weight is 225 g/mol. The monoisotopic (exact) mass is 225 g/mol. The number of aliphatic carboxylic acids is 1. The Hall–Kier alpha value is -1.85. The number of nitrogens with one attached hydrogen (secondary N) is 2. The largest absolute Gasteiger partial charge is 0.481 e. The first-order valence-corrected chi connectivity index (χ1v) is 5.15. The molecule has 0 atom stereocenters. The molecular formula is C10H15N3O3. The van der Waals surface area contributed by atoms with Gasteiger partial charge in [-0.25, -0.2) is 0 Å². The SMILES string of the molecule is O=C(O)CCCCNC(=O)Cc1ccn[nH]1. The van der Waals surface area contributed by atoms with Gasteiger partial charge in [0.25, 0.3) is 0 Å². The summed E-state index contributed by atoms with van der Waals surface area (Å²) in [7, 11) is 0. The van der Waals surface area contributed by atoms with Crippen LogP contribution in [-0.4, -0.2) is 33.7 Å². The van der Waals surface area contributed by atoms with Gasteiger partial charge in [0.1, 0.15) is 0 Å². The molecule has 0 saturated heterocycles. The lowest BCUT2D eigenvalue weighted by atomic mass is 10.2. The Bertz CT molecular complexity index is 335. The van der Waals surface area contributed by atoms with E-state index in [1.807, 2.05) is 0 Å². The average Bonchev–Trinajstić information content (AvgIpc) is 2.69. The zero-order valence-electron chi connectivity index (χ0n) is 8.90. The number of aromatic nitrogens is 2. The van der Waals surface area contributed by atoms with Crippen molar-refractivity contribution in [1.29, 1.82) is 0 Å². The maximum absolute atomic E-state index is 11.3. The highest BCUT2D eigenvalue weighted by molar-refractivity contribution is 5.77. The molecule has 0 unspecified atom stereocenters. The third-order valence-corrected chi connectivity index (χ3v) is 2.05. The van der Waals surface area contributed by atoms with Gasteiger partial charge in [0, 0.05) is 24.9 Å². The third-order valence-electron chi connectivity index (χ3n) is 2.05.